The number of rotatable bonds is 3. The Bertz CT molecular complexity index is 236. The zero-order valence-corrected chi connectivity index (χ0v) is 10.2. The Balaban J connectivity index is 2.79. The van der Waals surface area contributed by atoms with Crippen molar-refractivity contribution in [3.8, 4) is 0 Å². The first kappa shape index (κ1) is 12.7. The molecule has 0 aromatic heterocycles. The largest absolute Gasteiger partial charge is 0.299 e. The van der Waals surface area contributed by atoms with Crippen LogP contribution in [0.1, 0.15) is 46.0 Å². The molecule has 0 bridgehead atoms. The van der Waals surface area contributed by atoms with Crippen LogP contribution in [0.25, 0.3) is 0 Å². The van der Waals surface area contributed by atoms with Crippen molar-refractivity contribution in [2.24, 2.45) is 11.8 Å². The Morgan fingerprint density at radius 1 is 1.07 bits per heavy atom. The summed E-state index contributed by atoms with van der Waals surface area (Å²) >= 11 is 6.27. The molecule has 0 spiro atoms. The lowest BCUT2D eigenvalue weighted by molar-refractivity contribution is -0.132. The summed E-state index contributed by atoms with van der Waals surface area (Å²) in [6, 6.07) is 0. The van der Waals surface area contributed by atoms with Gasteiger partial charge in [-0.2, -0.15) is 0 Å². The molecule has 1 aliphatic carbocycles. The molecule has 0 N–H and O–H groups in total. The van der Waals surface area contributed by atoms with Crippen LogP contribution >= 0.6 is 11.6 Å². The molecular formula is C12H19ClO2. The summed E-state index contributed by atoms with van der Waals surface area (Å²) in [5, 5.41) is -0.00898. The highest BCUT2D eigenvalue weighted by Crippen LogP contribution is 2.33. The summed E-state index contributed by atoms with van der Waals surface area (Å²) in [5.74, 6) is -0.463. The third-order valence-electron chi connectivity index (χ3n) is 3.29. The Hall–Kier alpha value is -0.370. The molecule has 0 aromatic carbocycles. The first-order valence-electron chi connectivity index (χ1n) is 5.69. The van der Waals surface area contributed by atoms with E-state index in [1.165, 1.54) is 20.3 Å². The molecule has 0 heterocycles. The van der Waals surface area contributed by atoms with Crippen LogP contribution in [0.15, 0.2) is 0 Å². The predicted octanol–water partition coefficient (Wildman–Crippen LogP) is 2.97. The lowest BCUT2D eigenvalue weighted by Crippen LogP contribution is -2.33. The average Bonchev–Trinajstić information content (AvgIpc) is 2.31. The Labute approximate surface area is 96.4 Å². The van der Waals surface area contributed by atoms with Crippen LogP contribution < -0.4 is 0 Å². The summed E-state index contributed by atoms with van der Waals surface area (Å²) in [7, 11) is 0. The topological polar surface area (TPSA) is 34.1 Å². The SMILES string of the molecule is CC(=O)C(C(C)=O)[C@@H]1CCCCC[C@H]1Cl. The van der Waals surface area contributed by atoms with Gasteiger partial charge < -0.3 is 0 Å². The maximum Gasteiger partial charge on any atom is 0.140 e. The van der Waals surface area contributed by atoms with Crippen LogP contribution in [0.5, 0.6) is 0 Å². The molecule has 1 saturated carbocycles. The van der Waals surface area contributed by atoms with Gasteiger partial charge in [0.25, 0.3) is 0 Å². The van der Waals surface area contributed by atoms with Crippen molar-refractivity contribution in [1.82, 2.24) is 0 Å². The van der Waals surface area contributed by atoms with Gasteiger partial charge in [0, 0.05) is 5.38 Å². The molecule has 0 saturated heterocycles. The van der Waals surface area contributed by atoms with E-state index in [2.05, 4.69) is 0 Å². The molecule has 86 valence electrons. The van der Waals surface area contributed by atoms with Gasteiger partial charge in [-0.05, 0) is 32.6 Å². The summed E-state index contributed by atoms with van der Waals surface area (Å²) < 4.78 is 0. The van der Waals surface area contributed by atoms with E-state index in [4.69, 9.17) is 11.6 Å². The molecule has 3 heteroatoms. The number of Topliss-reactive ketones (excluding diaryl/α,β-unsaturated/α-hetero) is 2. The number of hydrogen-bond donors (Lipinski definition) is 0. The summed E-state index contributed by atoms with van der Waals surface area (Å²) in [6.07, 6.45) is 5.22. The Morgan fingerprint density at radius 3 is 2.13 bits per heavy atom. The molecule has 15 heavy (non-hydrogen) atoms. The molecule has 2 nitrogen and oxygen atoms in total. The van der Waals surface area contributed by atoms with E-state index < -0.39 is 5.92 Å². The summed E-state index contributed by atoms with van der Waals surface area (Å²) in [6.45, 7) is 3.00. The third kappa shape index (κ3) is 3.30. The van der Waals surface area contributed by atoms with Crippen LogP contribution in [0.2, 0.25) is 0 Å². The quantitative estimate of drug-likeness (QED) is 0.424. The monoisotopic (exact) mass is 230 g/mol. The van der Waals surface area contributed by atoms with Gasteiger partial charge in [0.1, 0.15) is 11.6 Å². The molecular weight excluding hydrogens is 212 g/mol. The fourth-order valence-corrected chi connectivity index (χ4v) is 2.98. The van der Waals surface area contributed by atoms with Crippen molar-refractivity contribution in [2.75, 3.05) is 0 Å². The highest BCUT2D eigenvalue weighted by Gasteiger charge is 2.34. The van der Waals surface area contributed by atoms with Crippen molar-refractivity contribution in [1.29, 1.82) is 0 Å². The highest BCUT2D eigenvalue weighted by atomic mass is 35.5. The van der Waals surface area contributed by atoms with E-state index in [0.717, 1.165) is 25.7 Å². The van der Waals surface area contributed by atoms with Gasteiger partial charge in [-0.3, -0.25) is 9.59 Å². The second-order valence-electron chi connectivity index (χ2n) is 4.52. The summed E-state index contributed by atoms with van der Waals surface area (Å²) in [4.78, 5) is 22.9. The van der Waals surface area contributed by atoms with Crippen molar-refractivity contribution in [3.63, 3.8) is 0 Å². The van der Waals surface area contributed by atoms with Crippen LogP contribution in [-0.4, -0.2) is 16.9 Å². The lowest BCUT2D eigenvalue weighted by atomic mass is 9.81. The van der Waals surface area contributed by atoms with E-state index in [0.29, 0.717) is 0 Å². The zero-order valence-electron chi connectivity index (χ0n) is 9.46. The van der Waals surface area contributed by atoms with E-state index in [-0.39, 0.29) is 22.9 Å². The molecule has 1 aliphatic rings. The van der Waals surface area contributed by atoms with E-state index in [1.807, 2.05) is 0 Å². The summed E-state index contributed by atoms with van der Waals surface area (Å²) in [5.41, 5.74) is 0. The van der Waals surface area contributed by atoms with Crippen molar-refractivity contribution in [2.45, 2.75) is 51.3 Å². The minimum Gasteiger partial charge on any atom is -0.299 e. The predicted molar refractivity (Wildman–Crippen MR) is 61.1 cm³/mol. The van der Waals surface area contributed by atoms with E-state index in [9.17, 15) is 9.59 Å². The first-order chi connectivity index (χ1) is 7.04. The van der Waals surface area contributed by atoms with Crippen LogP contribution in [0.3, 0.4) is 0 Å². The van der Waals surface area contributed by atoms with Crippen LogP contribution in [-0.2, 0) is 9.59 Å². The molecule has 1 fully saturated rings. The fraction of sp³-hybridized carbons (Fsp3) is 0.833. The third-order valence-corrected chi connectivity index (χ3v) is 3.83. The minimum atomic E-state index is -0.467. The maximum atomic E-state index is 11.5. The molecule has 1 rings (SSSR count). The van der Waals surface area contributed by atoms with E-state index >= 15 is 0 Å². The molecule has 0 aliphatic heterocycles. The molecule has 0 amide bonds. The van der Waals surface area contributed by atoms with Gasteiger partial charge in [0.15, 0.2) is 0 Å². The molecule has 2 atom stereocenters. The lowest BCUT2D eigenvalue weighted by Gasteiger charge is -2.25. The number of halogens is 1. The van der Waals surface area contributed by atoms with Crippen molar-refractivity contribution < 1.29 is 9.59 Å². The van der Waals surface area contributed by atoms with Gasteiger partial charge >= 0.3 is 0 Å². The first-order valence-corrected chi connectivity index (χ1v) is 6.12. The molecule has 0 radical (unpaired) electrons. The smallest absolute Gasteiger partial charge is 0.140 e. The normalized spacial score (nSPS) is 27.5. The maximum absolute atomic E-state index is 11.5. The highest BCUT2D eigenvalue weighted by molar-refractivity contribution is 6.21. The second-order valence-corrected chi connectivity index (χ2v) is 5.08. The molecule has 0 aromatic rings. The van der Waals surface area contributed by atoms with Gasteiger partial charge in [0.2, 0.25) is 0 Å². The number of carbonyl (C=O) groups excluding carboxylic acids is 2. The van der Waals surface area contributed by atoms with Crippen molar-refractivity contribution in [3.05, 3.63) is 0 Å². The number of hydrogen-bond acceptors (Lipinski definition) is 2. The Kier molecular flexibility index (Phi) is 4.78. The van der Waals surface area contributed by atoms with Crippen LogP contribution in [0.4, 0.5) is 0 Å². The van der Waals surface area contributed by atoms with Crippen LogP contribution in [0, 0.1) is 11.8 Å². The fourth-order valence-electron chi connectivity index (χ4n) is 2.56. The minimum absolute atomic E-state index is 0.00898. The van der Waals surface area contributed by atoms with Gasteiger partial charge in [-0.1, -0.05) is 19.3 Å². The zero-order chi connectivity index (χ0) is 11.4. The van der Waals surface area contributed by atoms with Gasteiger partial charge in [0.05, 0.1) is 5.92 Å². The standard InChI is InChI=1S/C12H19ClO2/c1-8(14)12(9(2)15)10-6-4-3-5-7-11(10)13/h10-12H,3-7H2,1-2H3/t10-,11-/m1/s1. The number of carbonyl (C=O) groups is 2. The number of ketones is 2. The molecule has 0 unspecified atom stereocenters. The van der Waals surface area contributed by atoms with Crippen molar-refractivity contribution >= 4 is 23.2 Å². The van der Waals surface area contributed by atoms with E-state index in [1.54, 1.807) is 0 Å². The van der Waals surface area contributed by atoms with Gasteiger partial charge in [-0.25, -0.2) is 0 Å². The van der Waals surface area contributed by atoms with Gasteiger partial charge in [-0.15, -0.1) is 11.6 Å². The second kappa shape index (κ2) is 5.64. The Morgan fingerprint density at radius 2 is 1.60 bits per heavy atom. The number of alkyl halides is 1. The average molecular weight is 231 g/mol.